The predicted octanol–water partition coefficient (Wildman–Crippen LogP) is 3.24. The Bertz CT molecular complexity index is 530. The number of benzene rings is 1. The lowest BCUT2D eigenvalue weighted by molar-refractivity contribution is 0.329. The third kappa shape index (κ3) is 2.17. The summed E-state index contributed by atoms with van der Waals surface area (Å²) in [4.78, 5) is 2.43. The number of fused-ring (bicyclic) bond motifs is 1. The highest BCUT2D eigenvalue weighted by atomic mass is 32.1. The molecule has 3 rings (SSSR count). The number of hydrogen-bond donors (Lipinski definition) is 1. The quantitative estimate of drug-likeness (QED) is 0.896. The molecular weight excluding hydrogens is 230 g/mol. The molecule has 1 heterocycles. The first-order valence-corrected chi connectivity index (χ1v) is 7.02. The predicted molar refractivity (Wildman–Crippen MR) is 72.8 cm³/mol. The number of rotatable bonds is 4. The maximum absolute atomic E-state index is 9.92. The van der Waals surface area contributed by atoms with Gasteiger partial charge in [-0.3, -0.25) is 0 Å². The lowest BCUT2D eigenvalue weighted by Crippen LogP contribution is -2.23. The molecule has 3 heteroatoms. The molecule has 0 radical (unpaired) electrons. The lowest BCUT2D eigenvalue weighted by atomic mass is 10.1. The first kappa shape index (κ1) is 11.1. The van der Waals surface area contributed by atoms with E-state index in [0.717, 1.165) is 24.4 Å². The summed E-state index contributed by atoms with van der Waals surface area (Å²) in [5.74, 6) is 0.424. The van der Waals surface area contributed by atoms with E-state index in [1.54, 1.807) is 17.4 Å². The van der Waals surface area contributed by atoms with Gasteiger partial charge in [0.25, 0.3) is 0 Å². The van der Waals surface area contributed by atoms with Gasteiger partial charge in [0.2, 0.25) is 0 Å². The van der Waals surface area contributed by atoms with E-state index in [2.05, 4.69) is 23.4 Å². The van der Waals surface area contributed by atoms with Gasteiger partial charge in [-0.25, -0.2) is 0 Å². The highest BCUT2D eigenvalue weighted by Gasteiger charge is 2.25. The van der Waals surface area contributed by atoms with Gasteiger partial charge in [-0.05, 0) is 49.4 Å². The van der Waals surface area contributed by atoms with Crippen molar-refractivity contribution in [3.63, 3.8) is 0 Å². The number of hydrogen-bond acceptors (Lipinski definition) is 3. The zero-order valence-corrected chi connectivity index (χ0v) is 10.8. The smallest absolute Gasteiger partial charge is 0.124 e. The number of likely N-dealkylation sites (N-methyl/N-ethyl adjacent to an activating group) is 1. The summed E-state index contributed by atoms with van der Waals surface area (Å²) in [7, 11) is 2.20. The second-order valence-electron chi connectivity index (χ2n) is 4.87. The van der Waals surface area contributed by atoms with E-state index in [4.69, 9.17) is 0 Å². The molecule has 1 fully saturated rings. The molecule has 2 aromatic rings. The average molecular weight is 247 g/mol. The van der Waals surface area contributed by atoms with Gasteiger partial charge in [0.1, 0.15) is 5.75 Å². The first-order chi connectivity index (χ1) is 8.25. The van der Waals surface area contributed by atoms with Gasteiger partial charge in [-0.15, -0.1) is 11.3 Å². The molecule has 1 aromatic carbocycles. The van der Waals surface area contributed by atoms with Crippen LogP contribution in [0.2, 0.25) is 0 Å². The molecule has 1 saturated carbocycles. The van der Waals surface area contributed by atoms with Crippen molar-refractivity contribution in [1.29, 1.82) is 0 Å². The highest BCUT2D eigenvalue weighted by molar-refractivity contribution is 7.17. The first-order valence-electron chi connectivity index (χ1n) is 6.14. The van der Waals surface area contributed by atoms with Gasteiger partial charge in [0.15, 0.2) is 0 Å². The van der Waals surface area contributed by atoms with Crippen molar-refractivity contribution in [2.45, 2.75) is 25.3 Å². The number of nitrogens with zero attached hydrogens (tertiary/aromatic N) is 1. The van der Waals surface area contributed by atoms with Crippen molar-refractivity contribution in [2.75, 3.05) is 13.6 Å². The van der Waals surface area contributed by atoms with Crippen LogP contribution in [-0.2, 0) is 6.42 Å². The molecule has 1 N–H and O–H groups in total. The Hall–Kier alpha value is -1.06. The van der Waals surface area contributed by atoms with Crippen molar-refractivity contribution in [3.8, 4) is 5.75 Å². The van der Waals surface area contributed by atoms with E-state index in [1.807, 2.05) is 6.07 Å². The van der Waals surface area contributed by atoms with Gasteiger partial charge in [-0.2, -0.15) is 0 Å². The van der Waals surface area contributed by atoms with E-state index < -0.39 is 0 Å². The number of phenols is 1. The molecule has 0 amide bonds. The lowest BCUT2D eigenvalue weighted by Gasteiger charge is -2.14. The summed E-state index contributed by atoms with van der Waals surface area (Å²) in [6.07, 6.45) is 3.74. The molecule has 0 spiro atoms. The van der Waals surface area contributed by atoms with E-state index in [1.165, 1.54) is 23.1 Å². The van der Waals surface area contributed by atoms with Crippen LogP contribution in [0.3, 0.4) is 0 Å². The van der Waals surface area contributed by atoms with Crippen LogP contribution in [0, 0.1) is 0 Å². The van der Waals surface area contributed by atoms with E-state index in [9.17, 15) is 5.11 Å². The fraction of sp³-hybridized carbons (Fsp3) is 0.429. The van der Waals surface area contributed by atoms with Crippen LogP contribution in [0.1, 0.15) is 18.4 Å². The average Bonchev–Trinajstić information content (AvgIpc) is 3.08. The van der Waals surface area contributed by atoms with E-state index in [0.29, 0.717) is 5.75 Å². The highest BCUT2D eigenvalue weighted by Crippen LogP contribution is 2.33. The third-order valence-corrected chi connectivity index (χ3v) is 4.55. The van der Waals surface area contributed by atoms with Crippen LogP contribution in [0.15, 0.2) is 23.6 Å². The summed E-state index contributed by atoms with van der Waals surface area (Å²) < 4.78 is 1.19. The minimum atomic E-state index is 0.424. The Kier molecular flexibility index (Phi) is 2.81. The van der Waals surface area contributed by atoms with Gasteiger partial charge in [0, 0.05) is 22.7 Å². The standard InChI is InChI=1S/C14H17NOS/c1-15(11-5-6-11)8-7-10-9-17-13-4-2-3-12(16)14(10)13/h2-4,9,11,16H,5-8H2,1H3. The second kappa shape index (κ2) is 4.31. The minimum absolute atomic E-state index is 0.424. The molecule has 17 heavy (non-hydrogen) atoms. The molecule has 90 valence electrons. The molecule has 0 aliphatic heterocycles. The van der Waals surface area contributed by atoms with Crippen LogP contribution >= 0.6 is 11.3 Å². The molecule has 1 aliphatic carbocycles. The summed E-state index contributed by atoms with van der Waals surface area (Å²) in [6, 6.07) is 6.58. The summed E-state index contributed by atoms with van der Waals surface area (Å²) in [5, 5.41) is 13.2. The molecule has 1 aromatic heterocycles. The van der Waals surface area contributed by atoms with Gasteiger partial charge in [-0.1, -0.05) is 6.07 Å². The number of phenolic OH excluding ortho intramolecular Hbond substituents is 1. The van der Waals surface area contributed by atoms with Crippen LogP contribution in [-0.4, -0.2) is 29.6 Å². The maximum atomic E-state index is 9.92. The van der Waals surface area contributed by atoms with Crippen molar-refractivity contribution in [3.05, 3.63) is 29.1 Å². The summed E-state index contributed by atoms with van der Waals surface area (Å²) >= 11 is 1.73. The molecule has 0 saturated heterocycles. The van der Waals surface area contributed by atoms with Crippen LogP contribution in [0.4, 0.5) is 0 Å². The van der Waals surface area contributed by atoms with E-state index in [-0.39, 0.29) is 0 Å². The molecule has 0 atom stereocenters. The summed E-state index contributed by atoms with van der Waals surface area (Å²) in [6.45, 7) is 1.09. The van der Waals surface area contributed by atoms with Crippen molar-refractivity contribution in [1.82, 2.24) is 4.90 Å². The van der Waals surface area contributed by atoms with Gasteiger partial charge in [0.05, 0.1) is 0 Å². The number of aromatic hydroxyl groups is 1. The Labute approximate surface area is 105 Å². The molecule has 1 aliphatic rings. The topological polar surface area (TPSA) is 23.5 Å². The largest absolute Gasteiger partial charge is 0.507 e. The Morgan fingerprint density at radius 1 is 1.41 bits per heavy atom. The van der Waals surface area contributed by atoms with Crippen molar-refractivity contribution < 1.29 is 5.11 Å². The Balaban J connectivity index is 1.80. The second-order valence-corrected chi connectivity index (χ2v) is 5.78. The number of thiophene rings is 1. The molecule has 0 bridgehead atoms. The van der Waals surface area contributed by atoms with Crippen LogP contribution in [0.25, 0.3) is 10.1 Å². The van der Waals surface area contributed by atoms with Gasteiger partial charge < -0.3 is 10.0 Å². The molecule has 0 unspecified atom stereocenters. The zero-order valence-electron chi connectivity index (χ0n) is 10.0. The van der Waals surface area contributed by atoms with Crippen LogP contribution in [0.5, 0.6) is 5.75 Å². The fourth-order valence-electron chi connectivity index (χ4n) is 2.31. The third-order valence-electron chi connectivity index (χ3n) is 3.56. The Morgan fingerprint density at radius 2 is 2.24 bits per heavy atom. The van der Waals surface area contributed by atoms with Crippen LogP contribution < -0.4 is 0 Å². The normalized spacial score (nSPS) is 15.9. The fourth-order valence-corrected chi connectivity index (χ4v) is 3.33. The summed E-state index contributed by atoms with van der Waals surface area (Å²) in [5.41, 5.74) is 1.29. The minimum Gasteiger partial charge on any atom is -0.507 e. The van der Waals surface area contributed by atoms with Gasteiger partial charge >= 0.3 is 0 Å². The van der Waals surface area contributed by atoms with Crippen molar-refractivity contribution in [2.24, 2.45) is 0 Å². The van der Waals surface area contributed by atoms with Crippen molar-refractivity contribution >= 4 is 21.4 Å². The molecule has 2 nitrogen and oxygen atoms in total. The molecular formula is C14H17NOS. The maximum Gasteiger partial charge on any atom is 0.124 e. The van der Waals surface area contributed by atoms with E-state index >= 15 is 0 Å². The monoisotopic (exact) mass is 247 g/mol. The SMILES string of the molecule is CN(CCc1csc2cccc(O)c12)C1CC1. The Morgan fingerprint density at radius 3 is 3.00 bits per heavy atom. The zero-order chi connectivity index (χ0) is 11.8.